The van der Waals surface area contributed by atoms with Crippen molar-refractivity contribution in [1.82, 2.24) is 4.90 Å². The van der Waals surface area contributed by atoms with E-state index in [4.69, 9.17) is 4.74 Å². The zero-order chi connectivity index (χ0) is 10.3. The van der Waals surface area contributed by atoms with Crippen LogP contribution in [0.5, 0.6) is 0 Å². The van der Waals surface area contributed by atoms with Crippen LogP contribution < -0.4 is 0 Å². The maximum atomic E-state index is 11.2. The standard InChI is InChI=1S/C9H13NO3/c1-4-6-10(8(3)7-11)9(12)13-5-2/h4,7H,1,3,5-6H2,2H3. The monoisotopic (exact) mass is 183 g/mol. The molecule has 0 fully saturated rings. The molecule has 0 heterocycles. The van der Waals surface area contributed by atoms with Gasteiger partial charge in [-0.3, -0.25) is 9.69 Å². The number of hydrogen-bond donors (Lipinski definition) is 0. The molecule has 0 saturated carbocycles. The van der Waals surface area contributed by atoms with Gasteiger partial charge in [-0.05, 0) is 6.92 Å². The first-order valence-electron chi connectivity index (χ1n) is 3.86. The lowest BCUT2D eigenvalue weighted by Crippen LogP contribution is -2.31. The molecule has 0 saturated heterocycles. The summed E-state index contributed by atoms with van der Waals surface area (Å²) < 4.78 is 4.70. The third-order valence-electron chi connectivity index (χ3n) is 1.28. The molecule has 0 N–H and O–H groups in total. The maximum Gasteiger partial charge on any atom is 0.414 e. The van der Waals surface area contributed by atoms with Crippen LogP contribution in [0.25, 0.3) is 0 Å². The summed E-state index contributed by atoms with van der Waals surface area (Å²) in [5.74, 6) is 0. The molecule has 0 bridgehead atoms. The summed E-state index contributed by atoms with van der Waals surface area (Å²) in [4.78, 5) is 22.6. The van der Waals surface area contributed by atoms with Gasteiger partial charge in [0.2, 0.25) is 0 Å². The molecule has 13 heavy (non-hydrogen) atoms. The average Bonchev–Trinajstić information content (AvgIpc) is 2.13. The van der Waals surface area contributed by atoms with E-state index in [9.17, 15) is 9.59 Å². The third kappa shape index (κ3) is 3.55. The Morgan fingerprint density at radius 3 is 2.62 bits per heavy atom. The molecule has 0 radical (unpaired) electrons. The van der Waals surface area contributed by atoms with E-state index >= 15 is 0 Å². The molecule has 4 nitrogen and oxygen atoms in total. The molecule has 0 aromatic carbocycles. The van der Waals surface area contributed by atoms with Gasteiger partial charge in [0.25, 0.3) is 0 Å². The number of ether oxygens (including phenoxy) is 1. The van der Waals surface area contributed by atoms with Crippen LogP contribution >= 0.6 is 0 Å². The molecule has 0 unspecified atom stereocenters. The fourth-order valence-electron chi connectivity index (χ4n) is 0.703. The number of rotatable bonds is 5. The van der Waals surface area contributed by atoms with E-state index in [0.717, 1.165) is 4.90 Å². The summed E-state index contributed by atoms with van der Waals surface area (Å²) in [7, 11) is 0. The normalized spacial score (nSPS) is 8.69. The van der Waals surface area contributed by atoms with Crippen LogP contribution in [0.15, 0.2) is 24.9 Å². The highest BCUT2D eigenvalue weighted by atomic mass is 16.6. The van der Waals surface area contributed by atoms with Crippen LogP contribution in [0.4, 0.5) is 4.79 Å². The molecule has 0 aromatic heterocycles. The van der Waals surface area contributed by atoms with Crippen LogP contribution in [-0.2, 0) is 9.53 Å². The van der Waals surface area contributed by atoms with Crippen LogP contribution in [0.3, 0.4) is 0 Å². The summed E-state index contributed by atoms with van der Waals surface area (Å²) in [5.41, 5.74) is 0.0679. The van der Waals surface area contributed by atoms with Crippen molar-refractivity contribution in [2.45, 2.75) is 6.92 Å². The van der Waals surface area contributed by atoms with Crippen molar-refractivity contribution in [2.24, 2.45) is 0 Å². The van der Waals surface area contributed by atoms with Crippen molar-refractivity contribution in [3.05, 3.63) is 24.9 Å². The van der Waals surface area contributed by atoms with Gasteiger partial charge in [0, 0.05) is 6.54 Å². The smallest absolute Gasteiger partial charge is 0.414 e. The summed E-state index contributed by atoms with van der Waals surface area (Å²) in [6.45, 7) is 9.03. The number of allylic oxidation sites excluding steroid dienone is 1. The molecule has 4 heteroatoms. The molecule has 0 aliphatic carbocycles. The zero-order valence-corrected chi connectivity index (χ0v) is 7.66. The van der Waals surface area contributed by atoms with Gasteiger partial charge in [-0.25, -0.2) is 4.79 Å². The lowest BCUT2D eigenvalue weighted by atomic mass is 10.4. The topological polar surface area (TPSA) is 46.6 Å². The largest absolute Gasteiger partial charge is 0.449 e. The summed E-state index contributed by atoms with van der Waals surface area (Å²) >= 11 is 0. The maximum absolute atomic E-state index is 11.2. The highest BCUT2D eigenvalue weighted by Crippen LogP contribution is 2.01. The lowest BCUT2D eigenvalue weighted by molar-refractivity contribution is -0.106. The molecule has 0 aromatic rings. The summed E-state index contributed by atoms with van der Waals surface area (Å²) in [5, 5.41) is 0. The van der Waals surface area contributed by atoms with E-state index in [1.54, 1.807) is 6.92 Å². The molecule has 0 rings (SSSR count). The minimum atomic E-state index is -0.584. The van der Waals surface area contributed by atoms with Gasteiger partial charge in [0.1, 0.15) is 0 Å². The van der Waals surface area contributed by atoms with Gasteiger partial charge in [0.05, 0.1) is 12.3 Å². The number of amides is 1. The van der Waals surface area contributed by atoms with Crippen molar-refractivity contribution in [1.29, 1.82) is 0 Å². The number of hydrogen-bond acceptors (Lipinski definition) is 3. The Morgan fingerprint density at radius 1 is 1.62 bits per heavy atom. The number of carbonyl (C=O) groups excluding carboxylic acids is 2. The molecular formula is C9H13NO3. The predicted molar refractivity (Wildman–Crippen MR) is 49.1 cm³/mol. The predicted octanol–water partition coefficient (Wildman–Crippen LogP) is 1.34. The molecule has 0 aliphatic heterocycles. The second kappa shape index (κ2) is 5.99. The Morgan fingerprint density at radius 2 is 2.23 bits per heavy atom. The Bertz CT molecular complexity index is 223. The van der Waals surface area contributed by atoms with Crippen molar-refractivity contribution in [3.8, 4) is 0 Å². The SMILES string of the molecule is C=CCN(C(=C)C=O)C(=O)OCC. The number of carbonyl (C=O) groups is 2. The van der Waals surface area contributed by atoms with Gasteiger partial charge < -0.3 is 4.74 Å². The van der Waals surface area contributed by atoms with Crippen LogP contribution in [0.1, 0.15) is 6.92 Å². The molecule has 0 atom stereocenters. The van der Waals surface area contributed by atoms with E-state index in [-0.39, 0.29) is 18.8 Å². The van der Waals surface area contributed by atoms with E-state index in [1.807, 2.05) is 0 Å². The molecule has 1 amide bonds. The fourth-order valence-corrected chi connectivity index (χ4v) is 0.703. The Labute approximate surface area is 77.5 Å². The number of nitrogens with zero attached hydrogens (tertiary/aromatic N) is 1. The highest BCUT2D eigenvalue weighted by Gasteiger charge is 2.15. The fraction of sp³-hybridized carbons (Fsp3) is 0.333. The van der Waals surface area contributed by atoms with Crippen LogP contribution in [0, 0.1) is 0 Å². The molecule has 0 aliphatic rings. The van der Waals surface area contributed by atoms with Gasteiger partial charge in [-0.1, -0.05) is 12.7 Å². The Balaban J connectivity index is 4.39. The van der Waals surface area contributed by atoms with E-state index in [1.165, 1.54) is 6.08 Å². The minimum absolute atomic E-state index is 0.0679. The first-order chi connectivity index (χ1) is 6.17. The van der Waals surface area contributed by atoms with E-state index < -0.39 is 6.09 Å². The van der Waals surface area contributed by atoms with Crippen molar-refractivity contribution < 1.29 is 14.3 Å². The molecule has 0 spiro atoms. The van der Waals surface area contributed by atoms with E-state index in [0.29, 0.717) is 6.29 Å². The van der Waals surface area contributed by atoms with Gasteiger partial charge in [-0.2, -0.15) is 0 Å². The molecule has 72 valence electrons. The van der Waals surface area contributed by atoms with Crippen molar-refractivity contribution in [2.75, 3.05) is 13.2 Å². The van der Waals surface area contributed by atoms with Gasteiger partial charge >= 0.3 is 6.09 Å². The first-order valence-corrected chi connectivity index (χ1v) is 3.86. The Hall–Kier alpha value is -1.58. The van der Waals surface area contributed by atoms with Gasteiger partial charge in [-0.15, -0.1) is 6.58 Å². The minimum Gasteiger partial charge on any atom is -0.449 e. The first kappa shape index (κ1) is 11.4. The van der Waals surface area contributed by atoms with Crippen molar-refractivity contribution >= 4 is 12.4 Å². The second-order valence-electron chi connectivity index (χ2n) is 2.21. The van der Waals surface area contributed by atoms with Gasteiger partial charge in [0.15, 0.2) is 6.29 Å². The average molecular weight is 183 g/mol. The lowest BCUT2D eigenvalue weighted by Gasteiger charge is -2.18. The highest BCUT2D eigenvalue weighted by molar-refractivity contribution is 5.81. The van der Waals surface area contributed by atoms with Crippen LogP contribution in [0.2, 0.25) is 0 Å². The quantitative estimate of drug-likeness (QED) is 0.367. The van der Waals surface area contributed by atoms with E-state index in [2.05, 4.69) is 13.2 Å². The van der Waals surface area contributed by atoms with Crippen molar-refractivity contribution in [3.63, 3.8) is 0 Å². The third-order valence-corrected chi connectivity index (χ3v) is 1.28. The second-order valence-corrected chi connectivity index (χ2v) is 2.21. The van der Waals surface area contributed by atoms with Crippen LogP contribution in [-0.4, -0.2) is 30.4 Å². The number of aldehydes is 1. The summed E-state index contributed by atoms with van der Waals surface area (Å²) in [6.07, 6.45) is 1.41. The molecular weight excluding hydrogens is 170 g/mol. The summed E-state index contributed by atoms with van der Waals surface area (Å²) in [6, 6.07) is 0. The zero-order valence-electron chi connectivity index (χ0n) is 7.66. The Kier molecular flexibility index (Phi) is 5.27.